The molecule has 2 aromatic heterocycles. The second-order valence-electron chi connectivity index (χ2n) is 8.14. The summed E-state index contributed by atoms with van der Waals surface area (Å²) in [5.74, 6) is 0.630. The van der Waals surface area contributed by atoms with Crippen molar-refractivity contribution in [3.63, 3.8) is 0 Å². The summed E-state index contributed by atoms with van der Waals surface area (Å²) in [5, 5.41) is 4.07. The maximum Gasteiger partial charge on any atom is 0.266 e. The van der Waals surface area contributed by atoms with Gasteiger partial charge in [-0.15, -0.1) is 0 Å². The van der Waals surface area contributed by atoms with Crippen LogP contribution in [0, 0.1) is 0 Å². The molecule has 1 N–H and O–H groups in total. The molecule has 0 saturated heterocycles. The van der Waals surface area contributed by atoms with Gasteiger partial charge < -0.3 is 4.74 Å². The number of carbonyl (C=O) groups excluding carboxylic acids is 1. The van der Waals surface area contributed by atoms with Crippen LogP contribution in [0.1, 0.15) is 49.1 Å². The number of benzene rings is 1. The summed E-state index contributed by atoms with van der Waals surface area (Å²) in [6, 6.07) is 10.7. The molecule has 0 unspecified atom stereocenters. The topological polar surface area (TPSA) is 89.8 Å². The van der Waals surface area contributed by atoms with Crippen LogP contribution in [0.15, 0.2) is 53.7 Å². The van der Waals surface area contributed by atoms with Crippen molar-refractivity contribution in [3.8, 4) is 5.75 Å². The number of aromatic nitrogens is 2. The summed E-state index contributed by atoms with van der Waals surface area (Å²) in [6.45, 7) is 0. The molecule has 156 valence electrons. The Morgan fingerprint density at radius 2 is 2.03 bits per heavy atom. The molecule has 7 nitrogen and oxygen atoms in total. The SMILES string of the molecule is COc1ccc(C2CCC2)cc1C1(C(=O)NS(=O)(=O)c2cccn3nccc23)CC1. The Labute approximate surface area is 175 Å². The number of ether oxygens (including phenoxy) is 1. The number of hydrogen-bond donors (Lipinski definition) is 1. The van der Waals surface area contributed by atoms with Gasteiger partial charge in [-0.1, -0.05) is 18.6 Å². The summed E-state index contributed by atoms with van der Waals surface area (Å²) in [7, 11) is -2.47. The minimum absolute atomic E-state index is 0.0295. The average Bonchev–Trinajstić information content (AvgIpc) is 3.36. The fraction of sp³-hybridized carbons (Fsp3) is 0.364. The summed E-state index contributed by atoms with van der Waals surface area (Å²) in [6.07, 6.45) is 7.88. The van der Waals surface area contributed by atoms with Gasteiger partial charge in [0.1, 0.15) is 10.6 Å². The molecule has 0 aliphatic heterocycles. The Morgan fingerprint density at radius 3 is 2.70 bits per heavy atom. The molecular formula is C22H23N3O4S. The third kappa shape index (κ3) is 2.98. The lowest BCUT2D eigenvalue weighted by Crippen LogP contribution is -2.39. The highest BCUT2D eigenvalue weighted by Crippen LogP contribution is 2.53. The zero-order chi connectivity index (χ0) is 20.9. The first-order valence-corrected chi connectivity index (χ1v) is 11.6. The van der Waals surface area contributed by atoms with Crippen LogP contribution in [0.2, 0.25) is 0 Å². The largest absolute Gasteiger partial charge is 0.496 e. The van der Waals surface area contributed by atoms with Crippen molar-refractivity contribution >= 4 is 21.4 Å². The van der Waals surface area contributed by atoms with Crippen molar-refractivity contribution < 1.29 is 17.9 Å². The number of nitrogens with zero attached hydrogens (tertiary/aromatic N) is 2. The molecule has 3 aromatic rings. The Morgan fingerprint density at radius 1 is 1.23 bits per heavy atom. The van der Waals surface area contributed by atoms with E-state index in [1.807, 2.05) is 12.1 Å². The molecule has 8 heteroatoms. The van der Waals surface area contributed by atoms with Crippen LogP contribution in [-0.4, -0.2) is 31.0 Å². The number of sulfonamides is 1. The van der Waals surface area contributed by atoms with Gasteiger partial charge in [-0.25, -0.2) is 17.7 Å². The molecular weight excluding hydrogens is 402 g/mol. The molecule has 0 bridgehead atoms. The highest BCUT2D eigenvalue weighted by molar-refractivity contribution is 7.90. The molecule has 0 atom stereocenters. The molecule has 1 amide bonds. The van der Waals surface area contributed by atoms with Gasteiger partial charge in [0.05, 0.1) is 24.2 Å². The molecule has 2 heterocycles. The van der Waals surface area contributed by atoms with Gasteiger partial charge in [0.2, 0.25) is 5.91 Å². The molecule has 1 aromatic carbocycles. The Bertz CT molecular complexity index is 1240. The lowest BCUT2D eigenvalue weighted by molar-refractivity contribution is -0.121. The van der Waals surface area contributed by atoms with E-state index in [4.69, 9.17) is 4.74 Å². The first-order valence-electron chi connectivity index (χ1n) is 10.1. The van der Waals surface area contributed by atoms with Crippen LogP contribution in [0.5, 0.6) is 5.75 Å². The van der Waals surface area contributed by atoms with Gasteiger partial charge in [-0.05, 0) is 61.4 Å². The standard InChI is InChI=1S/C22H23N3O4S/c1-29-19-8-7-16(15-4-2-5-15)14-17(19)22(10-11-22)21(26)24-30(27,28)20-6-3-13-25-18(20)9-12-23-25/h3,6-9,12-15H,2,4-5,10-11H2,1H3,(H,24,26). The molecule has 5 rings (SSSR count). The van der Waals surface area contributed by atoms with Gasteiger partial charge in [0.15, 0.2) is 0 Å². The third-order valence-electron chi connectivity index (χ3n) is 6.41. The van der Waals surface area contributed by atoms with E-state index in [9.17, 15) is 13.2 Å². The number of pyridine rings is 1. The van der Waals surface area contributed by atoms with Crippen LogP contribution in [-0.2, 0) is 20.2 Å². The number of rotatable bonds is 6. The van der Waals surface area contributed by atoms with Crippen LogP contribution < -0.4 is 9.46 Å². The lowest BCUT2D eigenvalue weighted by Gasteiger charge is -2.28. The van der Waals surface area contributed by atoms with Crippen molar-refractivity contribution in [1.82, 2.24) is 14.3 Å². The van der Waals surface area contributed by atoms with Gasteiger partial charge in [0.25, 0.3) is 10.0 Å². The third-order valence-corrected chi connectivity index (χ3v) is 7.79. The first-order chi connectivity index (χ1) is 14.4. The summed E-state index contributed by atoms with van der Waals surface area (Å²) < 4.78 is 35.4. The highest BCUT2D eigenvalue weighted by atomic mass is 32.2. The number of carbonyl (C=O) groups is 1. The van der Waals surface area contributed by atoms with E-state index >= 15 is 0 Å². The predicted octanol–water partition coefficient (Wildman–Crippen LogP) is 3.15. The number of nitrogens with one attached hydrogen (secondary N) is 1. The lowest BCUT2D eigenvalue weighted by atomic mass is 9.78. The fourth-order valence-electron chi connectivity index (χ4n) is 4.27. The quantitative estimate of drug-likeness (QED) is 0.655. The molecule has 2 saturated carbocycles. The second-order valence-corrected chi connectivity index (χ2v) is 9.79. The Hall–Kier alpha value is -2.87. The van der Waals surface area contributed by atoms with E-state index in [1.54, 1.807) is 25.4 Å². The number of hydrogen-bond acceptors (Lipinski definition) is 5. The van der Waals surface area contributed by atoms with Crippen molar-refractivity contribution in [2.45, 2.75) is 48.3 Å². The smallest absolute Gasteiger partial charge is 0.266 e. The van der Waals surface area contributed by atoms with Crippen LogP contribution >= 0.6 is 0 Å². The maximum absolute atomic E-state index is 13.3. The molecule has 30 heavy (non-hydrogen) atoms. The minimum Gasteiger partial charge on any atom is -0.496 e. The second kappa shape index (κ2) is 6.84. The summed E-state index contributed by atoms with van der Waals surface area (Å²) >= 11 is 0. The van der Waals surface area contributed by atoms with Crippen molar-refractivity contribution in [1.29, 1.82) is 0 Å². The molecule has 0 spiro atoms. The van der Waals surface area contributed by atoms with E-state index in [0.29, 0.717) is 30.0 Å². The number of amides is 1. The van der Waals surface area contributed by atoms with Crippen molar-refractivity contribution in [3.05, 3.63) is 59.9 Å². The van der Waals surface area contributed by atoms with Crippen LogP contribution in [0.3, 0.4) is 0 Å². The van der Waals surface area contributed by atoms with E-state index in [0.717, 1.165) is 18.4 Å². The van der Waals surface area contributed by atoms with Crippen LogP contribution in [0.25, 0.3) is 5.52 Å². The Balaban J connectivity index is 1.48. The van der Waals surface area contributed by atoms with E-state index in [2.05, 4.69) is 15.9 Å². The van der Waals surface area contributed by atoms with Gasteiger partial charge in [-0.3, -0.25) is 4.79 Å². The minimum atomic E-state index is -4.05. The normalized spacial score (nSPS) is 18.0. The van der Waals surface area contributed by atoms with Crippen molar-refractivity contribution in [2.24, 2.45) is 0 Å². The number of methoxy groups -OCH3 is 1. The predicted molar refractivity (Wildman–Crippen MR) is 111 cm³/mol. The summed E-state index contributed by atoms with van der Waals surface area (Å²) in [4.78, 5) is 13.3. The maximum atomic E-state index is 13.3. The molecule has 0 radical (unpaired) electrons. The number of fused-ring (bicyclic) bond motifs is 1. The van der Waals surface area contributed by atoms with Gasteiger partial charge >= 0.3 is 0 Å². The summed E-state index contributed by atoms with van der Waals surface area (Å²) in [5.41, 5.74) is 1.53. The van der Waals surface area contributed by atoms with Gasteiger partial charge in [-0.2, -0.15) is 5.10 Å². The zero-order valence-corrected chi connectivity index (χ0v) is 17.5. The zero-order valence-electron chi connectivity index (χ0n) is 16.7. The van der Waals surface area contributed by atoms with Crippen molar-refractivity contribution in [2.75, 3.05) is 7.11 Å². The average molecular weight is 426 g/mol. The van der Waals surface area contributed by atoms with E-state index in [1.165, 1.54) is 28.8 Å². The fourth-order valence-corrected chi connectivity index (χ4v) is 5.51. The molecule has 2 aliphatic carbocycles. The van der Waals surface area contributed by atoms with E-state index < -0.39 is 21.3 Å². The highest BCUT2D eigenvalue weighted by Gasteiger charge is 2.54. The molecule has 2 aliphatic rings. The first kappa shape index (κ1) is 19.1. The van der Waals surface area contributed by atoms with Crippen LogP contribution in [0.4, 0.5) is 0 Å². The van der Waals surface area contributed by atoms with Gasteiger partial charge in [0, 0.05) is 11.8 Å². The molecule has 2 fully saturated rings. The Kier molecular flexibility index (Phi) is 4.36. The van der Waals surface area contributed by atoms with E-state index in [-0.39, 0.29) is 4.90 Å². The monoisotopic (exact) mass is 425 g/mol.